The van der Waals surface area contributed by atoms with Crippen LogP contribution in [-0.2, 0) is 10.3 Å². The number of rotatable bonds is 2. The van der Waals surface area contributed by atoms with E-state index in [1.165, 1.54) is 0 Å². The number of aromatic nitrogens is 3. The average Bonchev–Trinajstić information content (AvgIpc) is 2.94. The summed E-state index contributed by atoms with van der Waals surface area (Å²) in [6.07, 6.45) is 1.98. The Morgan fingerprint density at radius 3 is 3.11 bits per heavy atom. The summed E-state index contributed by atoms with van der Waals surface area (Å²) in [6, 6.07) is 1.78. The van der Waals surface area contributed by atoms with Gasteiger partial charge in [-0.2, -0.15) is 0 Å². The highest BCUT2D eigenvalue weighted by Crippen LogP contribution is 2.36. The zero-order chi connectivity index (χ0) is 13.6. The zero-order valence-corrected chi connectivity index (χ0v) is 10.5. The van der Waals surface area contributed by atoms with E-state index in [9.17, 15) is 10.2 Å². The summed E-state index contributed by atoms with van der Waals surface area (Å²) in [5, 5.41) is 19.7. The van der Waals surface area contributed by atoms with Gasteiger partial charge in [0.25, 0.3) is 0 Å². The van der Waals surface area contributed by atoms with Gasteiger partial charge >= 0.3 is 0 Å². The lowest BCUT2D eigenvalue weighted by Gasteiger charge is -2.33. The van der Waals surface area contributed by atoms with Crippen molar-refractivity contribution >= 4 is 16.9 Å². The van der Waals surface area contributed by atoms with Gasteiger partial charge in [-0.3, -0.25) is 0 Å². The maximum atomic E-state index is 10.2. The first-order chi connectivity index (χ1) is 9.09. The van der Waals surface area contributed by atoms with E-state index in [2.05, 4.69) is 9.97 Å². The lowest BCUT2D eigenvalue weighted by Crippen LogP contribution is -2.47. The maximum absolute atomic E-state index is 10.2. The SMILES string of the molecule is C[C@]1(n2cnc3c(N)nccc32)[C@@H](O)CO[C@@H]1CO. The Hall–Kier alpha value is -1.70. The Morgan fingerprint density at radius 2 is 2.37 bits per heavy atom. The monoisotopic (exact) mass is 264 g/mol. The summed E-state index contributed by atoms with van der Waals surface area (Å²) in [4.78, 5) is 8.23. The Kier molecular flexibility index (Phi) is 2.70. The van der Waals surface area contributed by atoms with E-state index >= 15 is 0 Å². The molecule has 0 unspecified atom stereocenters. The summed E-state index contributed by atoms with van der Waals surface area (Å²) in [6.45, 7) is 1.85. The van der Waals surface area contributed by atoms with Crippen molar-refractivity contribution in [3.05, 3.63) is 18.6 Å². The second-order valence-corrected chi connectivity index (χ2v) is 4.92. The molecule has 1 aliphatic rings. The number of nitrogen functional groups attached to an aromatic ring is 1. The minimum Gasteiger partial charge on any atom is -0.394 e. The van der Waals surface area contributed by atoms with Crippen LogP contribution in [0, 0.1) is 0 Å². The molecule has 102 valence electrons. The number of nitrogens with two attached hydrogens (primary N) is 1. The van der Waals surface area contributed by atoms with Crippen LogP contribution in [-0.4, -0.2) is 50.2 Å². The van der Waals surface area contributed by atoms with E-state index in [0.29, 0.717) is 11.3 Å². The van der Waals surface area contributed by atoms with Crippen molar-refractivity contribution in [1.82, 2.24) is 14.5 Å². The van der Waals surface area contributed by atoms with Crippen LogP contribution in [0.1, 0.15) is 6.92 Å². The normalized spacial score (nSPS) is 31.1. The second kappa shape index (κ2) is 4.16. The standard InChI is InChI=1S/C12H16N4O3/c1-12(8(18)5-19-9(12)4-17)16-6-15-10-7(16)2-3-14-11(10)13/h2-3,6,8-9,17-18H,4-5H2,1H3,(H2,13,14)/t8-,9+,12-/m0/s1. The van der Waals surface area contributed by atoms with Gasteiger partial charge in [0, 0.05) is 6.20 Å². The van der Waals surface area contributed by atoms with Gasteiger partial charge in [0.1, 0.15) is 17.7 Å². The number of aliphatic hydroxyl groups is 2. The molecular formula is C12H16N4O3. The van der Waals surface area contributed by atoms with Crippen molar-refractivity contribution in [2.75, 3.05) is 18.9 Å². The molecule has 0 amide bonds. The molecule has 1 aliphatic heterocycles. The van der Waals surface area contributed by atoms with Gasteiger partial charge in [-0.15, -0.1) is 0 Å². The Morgan fingerprint density at radius 1 is 1.58 bits per heavy atom. The van der Waals surface area contributed by atoms with Crippen molar-refractivity contribution in [3.8, 4) is 0 Å². The van der Waals surface area contributed by atoms with Gasteiger partial charge in [-0.25, -0.2) is 9.97 Å². The van der Waals surface area contributed by atoms with Crippen molar-refractivity contribution in [3.63, 3.8) is 0 Å². The molecule has 0 radical (unpaired) electrons. The van der Waals surface area contributed by atoms with Crippen molar-refractivity contribution in [2.24, 2.45) is 0 Å². The number of hydrogen-bond donors (Lipinski definition) is 3. The summed E-state index contributed by atoms with van der Waals surface area (Å²) in [5.41, 5.74) is 6.35. The molecule has 0 aliphatic carbocycles. The molecular weight excluding hydrogens is 248 g/mol. The number of ether oxygens (including phenoxy) is 1. The molecule has 1 saturated heterocycles. The molecule has 19 heavy (non-hydrogen) atoms. The predicted molar refractivity (Wildman–Crippen MR) is 68.4 cm³/mol. The highest BCUT2D eigenvalue weighted by atomic mass is 16.5. The summed E-state index contributed by atoms with van der Waals surface area (Å²) < 4.78 is 7.24. The molecule has 0 bridgehead atoms. The minimum absolute atomic E-state index is 0.173. The van der Waals surface area contributed by atoms with Crippen LogP contribution < -0.4 is 5.73 Å². The number of aliphatic hydroxyl groups excluding tert-OH is 2. The molecule has 3 rings (SSSR count). The van der Waals surface area contributed by atoms with Gasteiger partial charge in [0.15, 0.2) is 5.82 Å². The number of hydrogen-bond acceptors (Lipinski definition) is 6. The summed E-state index contributed by atoms with van der Waals surface area (Å²) in [7, 11) is 0. The third-order valence-electron chi connectivity index (χ3n) is 3.96. The number of fused-ring (bicyclic) bond motifs is 1. The van der Waals surface area contributed by atoms with E-state index in [-0.39, 0.29) is 13.2 Å². The first-order valence-corrected chi connectivity index (χ1v) is 6.07. The van der Waals surface area contributed by atoms with Crippen molar-refractivity contribution < 1.29 is 14.9 Å². The van der Waals surface area contributed by atoms with E-state index < -0.39 is 17.7 Å². The van der Waals surface area contributed by atoms with Gasteiger partial charge in [0.05, 0.1) is 30.6 Å². The molecule has 2 aromatic heterocycles. The molecule has 0 spiro atoms. The van der Waals surface area contributed by atoms with E-state index in [1.807, 2.05) is 6.92 Å². The van der Waals surface area contributed by atoms with Crippen LogP contribution in [0.15, 0.2) is 18.6 Å². The van der Waals surface area contributed by atoms with Gasteiger partial charge in [-0.05, 0) is 13.0 Å². The fraction of sp³-hybridized carbons (Fsp3) is 0.500. The van der Waals surface area contributed by atoms with Crippen molar-refractivity contribution in [2.45, 2.75) is 24.7 Å². The molecule has 2 aromatic rings. The van der Waals surface area contributed by atoms with Crippen LogP contribution in [0.2, 0.25) is 0 Å². The van der Waals surface area contributed by atoms with Crippen LogP contribution in [0.5, 0.6) is 0 Å². The molecule has 0 aromatic carbocycles. The fourth-order valence-electron chi connectivity index (χ4n) is 2.66. The molecule has 4 N–H and O–H groups in total. The Labute approximate surface area is 109 Å². The average molecular weight is 264 g/mol. The van der Waals surface area contributed by atoms with E-state index in [1.54, 1.807) is 23.2 Å². The Bertz CT molecular complexity index is 614. The minimum atomic E-state index is -0.780. The van der Waals surface area contributed by atoms with E-state index in [4.69, 9.17) is 10.5 Å². The molecule has 0 saturated carbocycles. The smallest absolute Gasteiger partial charge is 0.151 e. The first-order valence-electron chi connectivity index (χ1n) is 6.07. The molecule has 1 fully saturated rings. The molecule has 3 atom stereocenters. The Balaban J connectivity index is 2.20. The second-order valence-electron chi connectivity index (χ2n) is 4.92. The number of anilines is 1. The lowest BCUT2D eigenvalue weighted by atomic mass is 9.91. The molecule has 7 nitrogen and oxygen atoms in total. The van der Waals surface area contributed by atoms with Gasteiger partial charge in [-0.1, -0.05) is 0 Å². The topological polar surface area (TPSA) is 106 Å². The maximum Gasteiger partial charge on any atom is 0.151 e. The summed E-state index contributed by atoms with van der Waals surface area (Å²) >= 11 is 0. The van der Waals surface area contributed by atoms with E-state index in [0.717, 1.165) is 5.52 Å². The predicted octanol–water partition coefficient (Wildman–Crippen LogP) is -0.519. The number of pyridine rings is 1. The fourth-order valence-corrected chi connectivity index (χ4v) is 2.66. The van der Waals surface area contributed by atoms with Crippen molar-refractivity contribution in [1.29, 1.82) is 0 Å². The van der Waals surface area contributed by atoms with Gasteiger partial charge in [0.2, 0.25) is 0 Å². The van der Waals surface area contributed by atoms with Crippen LogP contribution in [0.25, 0.3) is 11.0 Å². The highest BCUT2D eigenvalue weighted by Gasteiger charge is 2.49. The summed E-state index contributed by atoms with van der Waals surface area (Å²) in [5.74, 6) is 0.341. The quantitative estimate of drug-likeness (QED) is 0.674. The molecule has 3 heterocycles. The number of imidazole rings is 1. The van der Waals surface area contributed by atoms with Crippen LogP contribution >= 0.6 is 0 Å². The third-order valence-corrected chi connectivity index (χ3v) is 3.96. The molecule has 7 heteroatoms. The first kappa shape index (κ1) is 12.3. The van der Waals surface area contributed by atoms with Gasteiger partial charge < -0.3 is 25.3 Å². The highest BCUT2D eigenvalue weighted by molar-refractivity contribution is 5.84. The number of nitrogens with zero attached hydrogens (tertiary/aromatic N) is 3. The lowest BCUT2D eigenvalue weighted by molar-refractivity contribution is 0.0102. The third kappa shape index (κ3) is 1.55. The van der Waals surface area contributed by atoms with Crippen LogP contribution in [0.3, 0.4) is 0 Å². The largest absolute Gasteiger partial charge is 0.394 e. The van der Waals surface area contributed by atoms with Crippen LogP contribution in [0.4, 0.5) is 5.82 Å². The zero-order valence-electron chi connectivity index (χ0n) is 10.5.